The van der Waals surface area contributed by atoms with Gasteiger partial charge in [0.1, 0.15) is 5.92 Å². The molecule has 0 bridgehead atoms. The van der Waals surface area contributed by atoms with E-state index in [-0.39, 0.29) is 12.2 Å². The van der Waals surface area contributed by atoms with E-state index in [0.29, 0.717) is 0 Å². The highest BCUT2D eigenvalue weighted by atomic mass is 19.4. The van der Waals surface area contributed by atoms with Crippen molar-refractivity contribution >= 4 is 5.97 Å². The van der Waals surface area contributed by atoms with E-state index in [1.165, 1.54) is 31.2 Å². The van der Waals surface area contributed by atoms with Crippen LogP contribution in [0.4, 0.5) is 13.2 Å². The predicted octanol–water partition coefficient (Wildman–Crippen LogP) is 2.79. The third kappa shape index (κ3) is 4.73. The van der Waals surface area contributed by atoms with Crippen LogP contribution >= 0.6 is 0 Å². The highest BCUT2D eigenvalue weighted by Crippen LogP contribution is 2.38. The second kappa shape index (κ2) is 7.05. The quantitative estimate of drug-likeness (QED) is 0.460. The molecular formula is C13H14F3NO4. The van der Waals surface area contributed by atoms with E-state index >= 15 is 0 Å². The van der Waals surface area contributed by atoms with Gasteiger partial charge in [-0.05, 0) is 12.5 Å². The average molecular weight is 305 g/mol. The maximum atomic E-state index is 13.1. The normalized spacial score (nSPS) is 14.3. The average Bonchev–Trinajstić information content (AvgIpc) is 2.38. The van der Waals surface area contributed by atoms with Crippen molar-refractivity contribution in [3.8, 4) is 0 Å². The molecule has 0 saturated heterocycles. The number of rotatable bonds is 6. The predicted molar refractivity (Wildman–Crippen MR) is 67.2 cm³/mol. The monoisotopic (exact) mass is 305 g/mol. The van der Waals surface area contributed by atoms with E-state index < -0.39 is 35.4 Å². The van der Waals surface area contributed by atoms with Crippen LogP contribution in [0.5, 0.6) is 0 Å². The number of hydrogen-bond acceptors (Lipinski definition) is 4. The lowest BCUT2D eigenvalue weighted by molar-refractivity contribution is -0.498. The van der Waals surface area contributed by atoms with Gasteiger partial charge in [-0.3, -0.25) is 14.9 Å². The smallest absolute Gasteiger partial charge is 0.399 e. The molecule has 0 aliphatic heterocycles. The number of carbonyl (C=O) groups excluding carboxylic acids is 1. The zero-order chi connectivity index (χ0) is 16.0. The first-order valence-corrected chi connectivity index (χ1v) is 6.17. The van der Waals surface area contributed by atoms with Crippen molar-refractivity contribution in [1.29, 1.82) is 0 Å². The van der Waals surface area contributed by atoms with Crippen LogP contribution in [-0.4, -0.2) is 30.2 Å². The minimum Gasteiger partial charge on any atom is -0.466 e. The third-order valence-corrected chi connectivity index (χ3v) is 2.87. The van der Waals surface area contributed by atoms with Gasteiger partial charge in [0.25, 0.3) is 0 Å². The Kier molecular flexibility index (Phi) is 5.69. The van der Waals surface area contributed by atoms with Gasteiger partial charge in [-0.2, -0.15) is 13.2 Å². The SMILES string of the molecule is CCOC(=O)C(c1ccccc1)C(C[N+](=O)[O-])C(F)(F)F. The van der Waals surface area contributed by atoms with Crippen LogP contribution in [0.25, 0.3) is 0 Å². The zero-order valence-corrected chi connectivity index (χ0v) is 11.2. The summed E-state index contributed by atoms with van der Waals surface area (Å²) in [5.41, 5.74) is 0.0418. The molecule has 0 heterocycles. The number of benzene rings is 1. The Morgan fingerprint density at radius 3 is 2.33 bits per heavy atom. The van der Waals surface area contributed by atoms with Crippen molar-refractivity contribution in [2.45, 2.75) is 19.0 Å². The molecule has 0 aromatic heterocycles. The molecular weight excluding hydrogens is 291 g/mol. The summed E-state index contributed by atoms with van der Waals surface area (Å²) in [5.74, 6) is -5.31. The van der Waals surface area contributed by atoms with E-state index in [4.69, 9.17) is 0 Å². The number of ether oxygens (including phenoxy) is 1. The fourth-order valence-corrected chi connectivity index (χ4v) is 1.98. The van der Waals surface area contributed by atoms with E-state index in [2.05, 4.69) is 4.74 Å². The molecule has 1 aromatic rings. The summed E-state index contributed by atoms with van der Waals surface area (Å²) in [5, 5.41) is 10.5. The molecule has 1 rings (SSSR count). The van der Waals surface area contributed by atoms with Crippen molar-refractivity contribution in [1.82, 2.24) is 0 Å². The molecule has 5 nitrogen and oxygen atoms in total. The Labute approximate surface area is 118 Å². The zero-order valence-electron chi connectivity index (χ0n) is 11.2. The highest BCUT2D eigenvalue weighted by Gasteiger charge is 2.51. The number of hydrogen-bond donors (Lipinski definition) is 0. The number of nitro groups is 1. The number of halogens is 3. The lowest BCUT2D eigenvalue weighted by Gasteiger charge is -2.25. The number of esters is 1. The summed E-state index contributed by atoms with van der Waals surface area (Å²) in [6.07, 6.45) is -4.89. The van der Waals surface area contributed by atoms with Crippen LogP contribution in [0, 0.1) is 16.0 Å². The second-order valence-corrected chi connectivity index (χ2v) is 4.30. The Hall–Kier alpha value is -2.12. The van der Waals surface area contributed by atoms with Gasteiger partial charge in [-0.1, -0.05) is 30.3 Å². The molecule has 0 saturated carbocycles. The number of carbonyl (C=O) groups is 1. The van der Waals surface area contributed by atoms with Gasteiger partial charge in [0.2, 0.25) is 6.54 Å². The van der Waals surface area contributed by atoms with E-state index in [9.17, 15) is 28.1 Å². The molecule has 2 atom stereocenters. The Bertz CT molecular complexity index is 490. The van der Waals surface area contributed by atoms with Crippen molar-refractivity contribution in [3.05, 3.63) is 46.0 Å². The van der Waals surface area contributed by atoms with E-state index in [1.54, 1.807) is 6.07 Å². The Balaban J connectivity index is 3.25. The first kappa shape index (κ1) is 16.9. The fraction of sp³-hybridized carbons (Fsp3) is 0.462. The van der Waals surface area contributed by atoms with Crippen LogP contribution in [0.1, 0.15) is 18.4 Å². The molecule has 0 aliphatic carbocycles. The van der Waals surface area contributed by atoms with Gasteiger partial charge in [-0.25, -0.2) is 0 Å². The molecule has 0 N–H and O–H groups in total. The molecule has 0 radical (unpaired) electrons. The van der Waals surface area contributed by atoms with Gasteiger partial charge in [0.05, 0.1) is 12.5 Å². The molecule has 0 fully saturated rings. The summed E-state index contributed by atoms with van der Waals surface area (Å²) < 4.78 is 44.0. The Morgan fingerprint density at radius 2 is 1.90 bits per heavy atom. The molecule has 2 unspecified atom stereocenters. The first-order chi connectivity index (χ1) is 9.77. The van der Waals surface area contributed by atoms with E-state index in [0.717, 1.165) is 0 Å². The minimum atomic E-state index is -4.89. The molecule has 0 aliphatic rings. The van der Waals surface area contributed by atoms with Crippen molar-refractivity contribution in [2.24, 2.45) is 5.92 Å². The van der Waals surface area contributed by atoms with Gasteiger partial charge in [0.15, 0.2) is 0 Å². The van der Waals surface area contributed by atoms with Crippen molar-refractivity contribution < 1.29 is 27.6 Å². The Morgan fingerprint density at radius 1 is 1.33 bits per heavy atom. The number of alkyl halides is 3. The minimum absolute atomic E-state index is 0.0418. The van der Waals surface area contributed by atoms with Gasteiger partial charge >= 0.3 is 12.1 Å². The van der Waals surface area contributed by atoms with Crippen LogP contribution in [0.3, 0.4) is 0 Å². The van der Waals surface area contributed by atoms with Crippen LogP contribution in [-0.2, 0) is 9.53 Å². The third-order valence-electron chi connectivity index (χ3n) is 2.87. The standard InChI is InChI=1S/C13H14F3NO4/c1-2-21-12(18)11(9-6-4-3-5-7-9)10(8-17(19)20)13(14,15)16/h3-7,10-11H,2,8H2,1H3. The van der Waals surface area contributed by atoms with Gasteiger partial charge in [0, 0.05) is 4.92 Å². The van der Waals surface area contributed by atoms with Gasteiger partial charge < -0.3 is 4.74 Å². The molecule has 116 valence electrons. The molecule has 8 heteroatoms. The number of nitrogens with zero attached hydrogens (tertiary/aromatic N) is 1. The topological polar surface area (TPSA) is 69.4 Å². The fourth-order valence-electron chi connectivity index (χ4n) is 1.98. The highest BCUT2D eigenvalue weighted by molar-refractivity contribution is 5.78. The molecule has 0 spiro atoms. The van der Waals surface area contributed by atoms with E-state index in [1.807, 2.05) is 0 Å². The maximum Gasteiger partial charge on any atom is 0.399 e. The van der Waals surface area contributed by atoms with Crippen LogP contribution in [0.2, 0.25) is 0 Å². The van der Waals surface area contributed by atoms with Crippen molar-refractivity contribution in [3.63, 3.8) is 0 Å². The molecule has 21 heavy (non-hydrogen) atoms. The molecule has 1 aromatic carbocycles. The summed E-state index contributed by atoms with van der Waals surface area (Å²) in [7, 11) is 0. The summed E-state index contributed by atoms with van der Waals surface area (Å²) >= 11 is 0. The maximum absolute atomic E-state index is 13.1. The van der Waals surface area contributed by atoms with Crippen LogP contribution < -0.4 is 0 Å². The second-order valence-electron chi connectivity index (χ2n) is 4.30. The van der Waals surface area contributed by atoms with Crippen molar-refractivity contribution in [2.75, 3.05) is 13.2 Å². The lowest BCUT2D eigenvalue weighted by atomic mass is 9.85. The summed E-state index contributed by atoms with van der Waals surface area (Å²) in [6.45, 7) is -0.0386. The first-order valence-electron chi connectivity index (χ1n) is 6.17. The molecule has 0 amide bonds. The van der Waals surface area contributed by atoms with Gasteiger partial charge in [-0.15, -0.1) is 0 Å². The summed E-state index contributed by atoms with van der Waals surface area (Å²) in [6, 6.07) is 7.13. The summed E-state index contributed by atoms with van der Waals surface area (Å²) in [4.78, 5) is 21.3. The largest absolute Gasteiger partial charge is 0.466 e. The van der Waals surface area contributed by atoms with Crippen LogP contribution in [0.15, 0.2) is 30.3 Å². The lowest BCUT2D eigenvalue weighted by Crippen LogP contribution is -2.39.